The van der Waals surface area contributed by atoms with Crippen LogP contribution in [0.2, 0.25) is 0 Å². The molecule has 0 heterocycles. The number of hydrogen-bond acceptors (Lipinski definition) is 5. The molecule has 0 unspecified atom stereocenters. The van der Waals surface area contributed by atoms with Crippen LogP contribution in [-0.4, -0.2) is 18.1 Å². The highest BCUT2D eigenvalue weighted by molar-refractivity contribution is 7.59. The van der Waals surface area contributed by atoms with Crippen molar-refractivity contribution < 1.29 is 18.5 Å². The lowest BCUT2D eigenvalue weighted by molar-refractivity contribution is -0.384. The molecule has 0 atom stereocenters. The maximum atomic E-state index is 12.1. The third-order valence-corrected chi connectivity index (χ3v) is 3.57. The van der Waals surface area contributed by atoms with Crippen molar-refractivity contribution in [1.82, 2.24) is 0 Å². The summed E-state index contributed by atoms with van der Waals surface area (Å²) in [6.45, 7) is 3.78. The number of benzene rings is 1. The highest BCUT2D eigenvalue weighted by Crippen LogP contribution is 2.46. The first kappa shape index (κ1) is 15.4. The lowest BCUT2D eigenvalue weighted by Crippen LogP contribution is -1.93. The summed E-state index contributed by atoms with van der Waals surface area (Å²) >= 11 is 0. The molecule has 6 nitrogen and oxygen atoms in total. The summed E-state index contributed by atoms with van der Waals surface area (Å²) in [7, 11) is -3.45. The second kappa shape index (κ2) is 7.05. The molecule has 0 aliphatic carbocycles. The Labute approximate surface area is 111 Å². The van der Waals surface area contributed by atoms with Gasteiger partial charge in [0.25, 0.3) is 5.69 Å². The van der Waals surface area contributed by atoms with E-state index in [0.29, 0.717) is 5.56 Å². The van der Waals surface area contributed by atoms with Gasteiger partial charge in [-0.15, -0.1) is 0 Å². The van der Waals surface area contributed by atoms with E-state index in [0.717, 1.165) is 0 Å². The fourth-order valence-corrected chi connectivity index (χ4v) is 2.42. The minimum Gasteiger partial charge on any atom is -0.300 e. The molecule has 19 heavy (non-hydrogen) atoms. The zero-order valence-electron chi connectivity index (χ0n) is 10.7. The lowest BCUT2D eigenvalue weighted by atomic mass is 10.2. The molecule has 0 saturated carbocycles. The monoisotopic (exact) mass is 283 g/mol. The molecule has 0 aliphatic rings. The SMILES string of the molecule is CCOP(=O)(C#Cc1cccc([N+](=O)[O-])c1)OCC. The van der Waals surface area contributed by atoms with Gasteiger partial charge in [-0.25, -0.2) is 4.57 Å². The van der Waals surface area contributed by atoms with Gasteiger partial charge < -0.3 is 0 Å². The van der Waals surface area contributed by atoms with Crippen LogP contribution < -0.4 is 0 Å². The van der Waals surface area contributed by atoms with Crippen LogP contribution in [0.4, 0.5) is 5.69 Å². The summed E-state index contributed by atoms with van der Waals surface area (Å²) in [4.78, 5) is 10.1. The van der Waals surface area contributed by atoms with Crippen LogP contribution in [0.15, 0.2) is 24.3 Å². The zero-order valence-corrected chi connectivity index (χ0v) is 11.6. The van der Waals surface area contributed by atoms with Gasteiger partial charge in [-0.05, 0) is 19.9 Å². The van der Waals surface area contributed by atoms with Crippen LogP contribution in [0.1, 0.15) is 19.4 Å². The molecule has 0 aliphatic heterocycles. The molecule has 0 spiro atoms. The molecule has 0 N–H and O–H groups in total. The van der Waals surface area contributed by atoms with Crippen LogP contribution >= 0.6 is 7.60 Å². The Morgan fingerprint density at radius 2 is 1.95 bits per heavy atom. The van der Waals surface area contributed by atoms with Crippen molar-refractivity contribution >= 4 is 13.3 Å². The Hall–Kier alpha value is -1.67. The van der Waals surface area contributed by atoms with E-state index in [-0.39, 0.29) is 18.9 Å². The number of rotatable bonds is 5. The molecule has 0 amide bonds. The minimum atomic E-state index is -3.45. The molecular formula is C12H14NO5P. The van der Waals surface area contributed by atoms with Gasteiger partial charge in [-0.2, -0.15) is 0 Å². The first-order valence-electron chi connectivity index (χ1n) is 5.67. The standard InChI is InChI=1S/C12H14NO5P/c1-3-17-19(16,18-4-2)9-8-11-6-5-7-12(10-11)13(14)15/h5-7,10H,3-4H2,1-2H3. The van der Waals surface area contributed by atoms with Crippen LogP contribution in [0.25, 0.3) is 0 Å². The molecule has 7 heteroatoms. The maximum Gasteiger partial charge on any atom is 0.405 e. The second-order valence-electron chi connectivity index (χ2n) is 3.38. The first-order valence-corrected chi connectivity index (χ1v) is 7.22. The first-order chi connectivity index (χ1) is 9.00. The lowest BCUT2D eigenvalue weighted by Gasteiger charge is -2.09. The highest BCUT2D eigenvalue weighted by Gasteiger charge is 2.19. The fraction of sp³-hybridized carbons (Fsp3) is 0.333. The molecule has 0 saturated heterocycles. The smallest absolute Gasteiger partial charge is 0.300 e. The molecule has 0 fully saturated rings. The van der Waals surface area contributed by atoms with Gasteiger partial charge in [0.1, 0.15) is 0 Å². The van der Waals surface area contributed by atoms with Crippen molar-refractivity contribution in [3.63, 3.8) is 0 Å². The third-order valence-electron chi connectivity index (χ3n) is 1.99. The number of hydrogen-bond donors (Lipinski definition) is 0. The van der Waals surface area contributed by atoms with Gasteiger partial charge in [0, 0.05) is 23.4 Å². The van der Waals surface area contributed by atoms with Crippen molar-refractivity contribution in [3.8, 4) is 11.6 Å². The van der Waals surface area contributed by atoms with Crippen molar-refractivity contribution in [2.45, 2.75) is 13.8 Å². The molecule has 102 valence electrons. The van der Waals surface area contributed by atoms with Gasteiger partial charge in [-0.3, -0.25) is 19.2 Å². The Kier molecular flexibility index (Phi) is 5.71. The summed E-state index contributed by atoms with van der Waals surface area (Å²) in [5, 5.41) is 10.6. The Bertz CT molecular complexity index is 551. The van der Waals surface area contributed by atoms with Gasteiger partial charge in [0.05, 0.1) is 18.1 Å². The molecule has 0 aromatic heterocycles. The van der Waals surface area contributed by atoms with Crippen molar-refractivity contribution in [1.29, 1.82) is 0 Å². The van der Waals surface area contributed by atoms with Crippen LogP contribution in [0.3, 0.4) is 0 Å². The summed E-state index contributed by atoms with van der Waals surface area (Å²) < 4.78 is 22.0. The summed E-state index contributed by atoms with van der Waals surface area (Å²) in [6, 6.07) is 5.75. The Morgan fingerprint density at radius 3 is 2.47 bits per heavy atom. The minimum absolute atomic E-state index is 0.0746. The van der Waals surface area contributed by atoms with E-state index in [2.05, 4.69) is 11.6 Å². The average molecular weight is 283 g/mol. The van der Waals surface area contributed by atoms with Gasteiger partial charge in [0.2, 0.25) is 0 Å². The van der Waals surface area contributed by atoms with E-state index in [9.17, 15) is 14.7 Å². The van der Waals surface area contributed by atoms with Gasteiger partial charge in [0.15, 0.2) is 0 Å². The molecule has 0 radical (unpaired) electrons. The van der Waals surface area contributed by atoms with Crippen molar-refractivity contribution in [2.75, 3.05) is 13.2 Å². The third kappa shape index (κ3) is 4.84. The zero-order chi connectivity index (χ0) is 14.3. The number of nitro groups is 1. The number of non-ortho nitro benzene ring substituents is 1. The fourth-order valence-electron chi connectivity index (χ4n) is 1.27. The molecule has 1 aromatic rings. The van der Waals surface area contributed by atoms with E-state index in [1.807, 2.05) is 0 Å². The summed E-state index contributed by atoms with van der Waals surface area (Å²) in [5.74, 6) is 2.58. The highest BCUT2D eigenvalue weighted by atomic mass is 31.2. The van der Waals surface area contributed by atoms with E-state index in [4.69, 9.17) is 9.05 Å². The second-order valence-corrected chi connectivity index (χ2v) is 5.11. The quantitative estimate of drug-likeness (QED) is 0.359. The van der Waals surface area contributed by atoms with E-state index >= 15 is 0 Å². The molecule has 1 rings (SSSR count). The molecule has 1 aromatic carbocycles. The van der Waals surface area contributed by atoms with Crippen molar-refractivity contribution in [2.24, 2.45) is 0 Å². The van der Waals surface area contributed by atoms with E-state index in [1.165, 1.54) is 18.2 Å². The van der Waals surface area contributed by atoms with Crippen LogP contribution in [-0.2, 0) is 13.6 Å². The largest absolute Gasteiger partial charge is 0.405 e. The summed E-state index contributed by atoms with van der Waals surface area (Å²) in [5.41, 5.74) is 2.73. The Balaban J connectivity index is 3.00. The van der Waals surface area contributed by atoms with Gasteiger partial charge >= 0.3 is 7.60 Å². The summed E-state index contributed by atoms with van der Waals surface area (Å²) in [6.07, 6.45) is 0. The van der Waals surface area contributed by atoms with Gasteiger partial charge in [-0.1, -0.05) is 12.0 Å². The van der Waals surface area contributed by atoms with Crippen LogP contribution in [0, 0.1) is 21.7 Å². The normalized spacial score (nSPS) is 10.6. The van der Waals surface area contributed by atoms with E-state index < -0.39 is 12.5 Å². The van der Waals surface area contributed by atoms with Crippen molar-refractivity contribution in [3.05, 3.63) is 39.9 Å². The predicted molar refractivity (Wildman–Crippen MR) is 70.8 cm³/mol. The maximum absolute atomic E-state index is 12.1. The number of nitro benzene ring substituents is 1. The predicted octanol–water partition coefficient (Wildman–Crippen LogP) is 3.17. The number of nitrogens with zero attached hydrogens (tertiary/aromatic N) is 1. The molecular weight excluding hydrogens is 269 g/mol. The molecule has 0 bridgehead atoms. The average Bonchev–Trinajstić information content (AvgIpc) is 2.37. The topological polar surface area (TPSA) is 78.7 Å². The Morgan fingerprint density at radius 1 is 1.32 bits per heavy atom. The van der Waals surface area contributed by atoms with E-state index in [1.54, 1.807) is 19.9 Å². The van der Waals surface area contributed by atoms with Crippen LogP contribution in [0.5, 0.6) is 0 Å².